The predicted molar refractivity (Wildman–Crippen MR) is 105 cm³/mol. The molecule has 1 heterocycles. The first-order chi connectivity index (χ1) is 11.9. The number of hydrogen-bond acceptors (Lipinski definition) is 4. The molecule has 3 rings (SSSR count). The van der Waals surface area contributed by atoms with Crippen LogP contribution >= 0.6 is 35.0 Å². The van der Waals surface area contributed by atoms with Gasteiger partial charge in [0.2, 0.25) is 5.91 Å². The molecule has 0 spiro atoms. The van der Waals surface area contributed by atoms with Crippen LogP contribution in [-0.2, 0) is 4.79 Å². The van der Waals surface area contributed by atoms with E-state index in [9.17, 15) is 4.79 Å². The molecular formula is C18H15Cl2N3OS. The van der Waals surface area contributed by atoms with E-state index in [4.69, 9.17) is 23.2 Å². The number of aromatic nitrogens is 2. The van der Waals surface area contributed by atoms with Gasteiger partial charge in [-0.2, -0.15) is 0 Å². The van der Waals surface area contributed by atoms with E-state index in [1.54, 1.807) is 18.2 Å². The van der Waals surface area contributed by atoms with Crippen molar-refractivity contribution in [2.24, 2.45) is 0 Å². The smallest absolute Gasteiger partial charge is 0.237 e. The maximum absolute atomic E-state index is 12.5. The first-order valence-corrected chi connectivity index (χ1v) is 9.23. The second-order valence-corrected chi connectivity index (χ2v) is 7.70. The number of carbonyl (C=O) groups is 1. The van der Waals surface area contributed by atoms with Crippen molar-refractivity contribution in [2.45, 2.75) is 24.1 Å². The molecule has 7 heteroatoms. The van der Waals surface area contributed by atoms with Gasteiger partial charge in [-0.3, -0.25) is 4.79 Å². The first-order valence-electron chi connectivity index (χ1n) is 7.59. The van der Waals surface area contributed by atoms with Crippen LogP contribution in [0.3, 0.4) is 0 Å². The number of aryl methyl sites for hydroxylation is 1. The maximum Gasteiger partial charge on any atom is 0.237 e. The van der Waals surface area contributed by atoms with Crippen molar-refractivity contribution < 1.29 is 4.79 Å². The molecule has 128 valence electrons. The Labute approximate surface area is 160 Å². The van der Waals surface area contributed by atoms with Gasteiger partial charge in [0.25, 0.3) is 0 Å². The lowest BCUT2D eigenvalue weighted by atomic mass is 10.2. The number of benzene rings is 2. The number of nitrogens with one attached hydrogen (secondary N) is 1. The summed E-state index contributed by atoms with van der Waals surface area (Å²) in [5.74, 6) is 0.527. The van der Waals surface area contributed by atoms with E-state index in [-0.39, 0.29) is 11.2 Å². The molecule has 0 saturated carbocycles. The van der Waals surface area contributed by atoms with Crippen molar-refractivity contribution >= 4 is 57.5 Å². The normalized spacial score (nSPS) is 12.2. The molecule has 0 fully saturated rings. The Morgan fingerprint density at radius 2 is 1.80 bits per heavy atom. The molecule has 1 atom stereocenters. The topological polar surface area (TPSA) is 54.9 Å². The van der Waals surface area contributed by atoms with Crippen LogP contribution in [-0.4, -0.2) is 21.1 Å². The quantitative estimate of drug-likeness (QED) is 0.480. The van der Waals surface area contributed by atoms with E-state index in [0.29, 0.717) is 21.6 Å². The Bertz CT molecular complexity index is 929. The van der Waals surface area contributed by atoms with E-state index in [0.717, 1.165) is 15.9 Å². The SMILES string of the molecule is Cc1nc(S[C@H](C)C(=O)Nc2cc(Cl)cc(Cl)c2)c2ccccc2n1. The van der Waals surface area contributed by atoms with Crippen molar-refractivity contribution in [1.29, 1.82) is 0 Å². The summed E-state index contributed by atoms with van der Waals surface area (Å²) in [6, 6.07) is 12.7. The fourth-order valence-electron chi connectivity index (χ4n) is 2.34. The van der Waals surface area contributed by atoms with Crippen LogP contribution in [0.2, 0.25) is 10.0 Å². The molecular weight excluding hydrogens is 377 g/mol. The van der Waals surface area contributed by atoms with Crippen molar-refractivity contribution in [3.8, 4) is 0 Å². The van der Waals surface area contributed by atoms with Gasteiger partial charge in [0.05, 0.1) is 10.8 Å². The molecule has 1 amide bonds. The van der Waals surface area contributed by atoms with E-state index >= 15 is 0 Å². The van der Waals surface area contributed by atoms with Gasteiger partial charge in [-0.1, -0.05) is 53.2 Å². The summed E-state index contributed by atoms with van der Waals surface area (Å²) in [4.78, 5) is 21.4. The van der Waals surface area contributed by atoms with E-state index in [2.05, 4.69) is 15.3 Å². The molecule has 1 aromatic heterocycles. The molecule has 0 aliphatic rings. The molecule has 0 aliphatic heterocycles. The Morgan fingerprint density at radius 1 is 1.12 bits per heavy atom. The van der Waals surface area contributed by atoms with Gasteiger partial charge in [-0.05, 0) is 38.1 Å². The number of amides is 1. The van der Waals surface area contributed by atoms with Gasteiger partial charge >= 0.3 is 0 Å². The van der Waals surface area contributed by atoms with E-state index in [1.807, 2.05) is 38.1 Å². The predicted octanol–water partition coefficient (Wildman–Crippen LogP) is 5.36. The minimum Gasteiger partial charge on any atom is -0.325 e. The number of rotatable bonds is 4. The summed E-state index contributed by atoms with van der Waals surface area (Å²) in [5.41, 5.74) is 1.44. The molecule has 25 heavy (non-hydrogen) atoms. The molecule has 4 nitrogen and oxygen atoms in total. The number of halogens is 2. The van der Waals surface area contributed by atoms with Crippen molar-refractivity contribution in [3.63, 3.8) is 0 Å². The molecule has 3 aromatic rings. The lowest BCUT2D eigenvalue weighted by molar-refractivity contribution is -0.115. The van der Waals surface area contributed by atoms with Crippen LogP contribution in [0.4, 0.5) is 5.69 Å². The molecule has 0 aliphatic carbocycles. The van der Waals surface area contributed by atoms with Gasteiger partial charge in [-0.15, -0.1) is 0 Å². The van der Waals surface area contributed by atoms with Crippen LogP contribution in [0, 0.1) is 6.92 Å². The summed E-state index contributed by atoms with van der Waals surface area (Å²) in [7, 11) is 0. The molecule has 0 radical (unpaired) electrons. The number of hydrogen-bond donors (Lipinski definition) is 1. The Morgan fingerprint density at radius 3 is 2.52 bits per heavy atom. The van der Waals surface area contributed by atoms with Crippen LogP contribution in [0.1, 0.15) is 12.7 Å². The molecule has 0 unspecified atom stereocenters. The highest BCUT2D eigenvalue weighted by Gasteiger charge is 2.18. The molecule has 0 bridgehead atoms. The monoisotopic (exact) mass is 391 g/mol. The minimum absolute atomic E-state index is 0.149. The highest BCUT2D eigenvalue weighted by Crippen LogP contribution is 2.29. The summed E-state index contributed by atoms with van der Waals surface area (Å²) < 4.78 is 0. The number of carbonyl (C=O) groups excluding carboxylic acids is 1. The number of anilines is 1. The fraction of sp³-hybridized carbons (Fsp3) is 0.167. The fourth-order valence-corrected chi connectivity index (χ4v) is 3.85. The zero-order chi connectivity index (χ0) is 18.0. The average molecular weight is 392 g/mol. The number of nitrogens with zero attached hydrogens (tertiary/aromatic N) is 2. The van der Waals surface area contributed by atoms with Gasteiger partial charge in [-0.25, -0.2) is 9.97 Å². The Kier molecular flexibility index (Phi) is 5.47. The Balaban J connectivity index is 1.80. The van der Waals surface area contributed by atoms with Crippen molar-refractivity contribution in [3.05, 3.63) is 58.3 Å². The lowest BCUT2D eigenvalue weighted by Crippen LogP contribution is -2.22. The van der Waals surface area contributed by atoms with E-state index in [1.165, 1.54) is 11.8 Å². The highest BCUT2D eigenvalue weighted by molar-refractivity contribution is 8.00. The highest BCUT2D eigenvalue weighted by atomic mass is 35.5. The lowest BCUT2D eigenvalue weighted by Gasteiger charge is -2.13. The molecule has 1 N–H and O–H groups in total. The minimum atomic E-state index is -0.351. The van der Waals surface area contributed by atoms with Crippen molar-refractivity contribution in [1.82, 2.24) is 9.97 Å². The number of thioether (sulfide) groups is 1. The van der Waals surface area contributed by atoms with Gasteiger partial charge in [0.15, 0.2) is 0 Å². The summed E-state index contributed by atoms with van der Waals surface area (Å²) in [6.45, 7) is 3.67. The van der Waals surface area contributed by atoms with Crippen LogP contribution in [0.15, 0.2) is 47.5 Å². The van der Waals surface area contributed by atoms with E-state index < -0.39 is 0 Å². The third-order valence-electron chi connectivity index (χ3n) is 3.47. The van der Waals surface area contributed by atoms with Gasteiger partial charge in [0, 0.05) is 21.1 Å². The zero-order valence-corrected chi connectivity index (χ0v) is 15.9. The summed E-state index contributed by atoms with van der Waals surface area (Å²) in [5, 5.41) is 5.15. The third-order valence-corrected chi connectivity index (χ3v) is 5.01. The average Bonchev–Trinajstić information content (AvgIpc) is 2.53. The number of fused-ring (bicyclic) bond motifs is 1. The second-order valence-electron chi connectivity index (χ2n) is 5.50. The maximum atomic E-state index is 12.5. The molecule has 2 aromatic carbocycles. The first kappa shape index (κ1) is 18.0. The third kappa shape index (κ3) is 4.42. The van der Waals surface area contributed by atoms with Crippen molar-refractivity contribution in [2.75, 3.05) is 5.32 Å². The zero-order valence-electron chi connectivity index (χ0n) is 13.6. The summed E-state index contributed by atoms with van der Waals surface area (Å²) >= 11 is 13.3. The largest absolute Gasteiger partial charge is 0.325 e. The molecule has 0 saturated heterocycles. The van der Waals surface area contributed by atoms with Crippen LogP contribution in [0.25, 0.3) is 10.9 Å². The van der Waals surface area contributed by atoms with Gasteiger partial charge in [0.1, 0.15) is 10.9 Å². The second kappa shape index (κ2) is 7.60. The number of para-hydroxylation sites is 1. The Hall–Kier alpha value is -1.82. The standard InChI is InChI=1S/C18H15Cl2N3OS/c1-10(17(24)23-14-8-12(19)7-13(20)9-14)25-18-15-5-3-4-6-16(15)21-11(2)22-18/h3-10H,1-2H3,(H,23,24)/t10-/m1/s1. The summed E-state index contributed by atoms with van der Waals surface area (Å²) in [6.07, 6.45) is 0. The van der Waals surface area contributed by atoms with Crippen LogP contribution < -0.4 is 5.32 Å². The van der Waals surface area contributed by atoms with Crippen LogP contribution in [0.5, 0.6) is 0 Å². The van der Waals surface area contributed by atoms with Gasteiger partial charge < -0.3 is 5.32 Å².